The van der Waals surface area contributed by atoms with Crippen LogP contribution >= 0.6 is 0 Å². The Kier molecular flexibility index (Phi) is 5.54. The minimum Gasteiger partial charge on any atom is -0.493 e. The zero-order valence-corrected chi connectivity index (χ0v) is 18.5. The molecule has 172 valence electrons. The fourth-order valence-electron chi connectivity index (χ4n) is 4.55. The maximum absolute atomic E-state index is 14.8. The molecule has 1 atom stereocenters. The number of fused-ring (bicyclic) bond motifs is 1. The van der Waals surface area contributed by atoms with E-state index in [0.29, 0.717) is 22.8 Å². The van der Waals surface area contributed by atoms with Gasteiger partial charge in [0, 0.05) is 18.8 Å². The lowest BCUT2D eigenvalue weighted by atomic mass is 9.80. The number of nitrogens with two attached hydrogens (primary N) is 1. The van der Waals surface area contributed by atoms with E-state index < -0.39 is 17.2 Å². The molecule has 3 heterocycles. The van der Waals surface area contributed by atoms with Crippen molar-refractivity contribution < 1.29 is 18.3 Å². The summed E-state index contributed by atoms with van der Waals surface area (Å²) in [5.74, 6) is 4.09. The number of nitrogens with one attached hydrogen (secondary N) is 1. The van der Waals surface area contributed by atoms with Gasteiger partial charge in [-0.1, -0.05) is 12.3 Å². The molecule has 1 saturated carbocycles. The van der Waals surface area contributed by atoms with Crippen molar-refractivity contribution in [2.24, 2.45) is 0 Å². The van der Waals surface area contributed by atoms with Gasteiger partial charge in [0.1, 0.15) is 17.1 Å². The third-order valence-corrected chi connectivity index (χ3v) is 6.59. The van der Waals surface area contributed by atoms with Gasteiger partial charge in [0.05, 0.1) is 31.2 Å². The molecule has 2 aliphatic rings. The molecule has 1 aliphatic carbocycles. The van der Waals surface area contributed by atoms with E-state index >= 15 is 0 Å². The van der Waals surface area contributed by atoms with Crippen LogP contribution in [0.15, 0.2) is 12.3 Å². The van der Waals surface area contributed by atoms with Crippen molar-refractivity contribution in [3.8, 4) is 23.3 Å². The number of hydrogen-bond donors (Lipinski definition) is 2. The van der Waals surface area contributed by atoms with Gasteiger partial charge in [-0.25, -0.2) is 13.8 Å². The first kappa shape index (κ1) is 21.5. The fraction of sp³-hybridized carbons (Fsp3) is 0.417. The van der Waals surface area contributed by atoms with Crippen LogP contribution < -0.4 is 20.5 Å². The molecule has 1 aromatic carbocycles. The van der Waals surface area contributed by atoms with Crippen LogP contribution in [0.5, 0.6) is 11.5 Å². The molecule has 1 saturated heterocycles. The number of anilines is 1. The van der Waals surface area contributed by atoms with Crippen molar-refractivity contribution in [2.45, 2.75) is 37.6 Å². The molecule has 0 radical (unpaired) electrons. The molecule has 1 aliphatic heterocycles. The minimum atomic E-state index is -0.895. The van der Waals surface area contributed by atoms with Crippen molar-refractivity contribution in [1.82, 2.24) is 20.1 Å². The second kappa shape index (κ2) is 8.52. The predicted octanol–water partition coefficient (Wildman–Crippen LogP) is 3.51. The van der Waals surface area contributed by atoms with Gasteiger partial charge >= 0.3 is 0 Å². The lowest BCUT2D eigenvalue weighted by Crippen LogP contribution is -2.17. The molecule has 7 nitrogen and oxygen atoms in total. The summed E-state index contributed by atoms with van der Waals surface area (Å²) in [6, 6.07) is 1.30. The standard InChI is InChI=1S/C24H25F2N5O2/c1-32-18-10-19(33-2)22(26)15(21(18)25)6-7-17-20-23(31(30-17)14-8-9-28-11-14)16(12-29-24(20)27)13-4-3-5-13/h10,12-14,28H,3-5,8-9,11H2,1-2H3,(H2,27,29). The van der Waals surface area contributed by atoms with Gasteiger partial charge < -0.3 is 20.5 Å². The van der Waals surface area contributed by atoms with Crippen molar-refractivity contribution >= 4 is 16.7 Å². The highest BCUT2D eigenvalue weighted by Crippen LogP contribution is 2.42. The highest BCUT2D eigenvalue weighted by molar-refractivity contribution is 5.95. The highest BCUT2D eigenvalue weighted by Gasteiger charge is 2.29. The van der Waals surface area contributed by atoms with E-state index in [-0.39, 0.29) is 17.5 Å². The van der Waals surface area contributed by atoms with E-state index in [9.17, 15) is 8.78 Å². The van der Waals surface area contributed by atoms with Crippen LogP contribution in [0, 0.1) is 23.5 Å². The van der Waals surface area contributed by atoms with Crippen LogP contribution in [0.3, 0.4) is 0 Å². The zero-order chi connectivity index (χ0) is 23.1. The Bertz CT molecular complexity index is 1260. The van der Waals surface area contributed by atoms with Crippen LogP contribution in [0.2, 0.25) is 0 Å². The maximum atomic E-state index is 14.8. The Hall–Kier alpha value is -3.38. The maximum Gasteiger partial charge on any atom is 0.183 e. The highest BCUT2D eigenvalue weighted by atomic mass is 19.1. The summed E-state index contributed by atoms with van der Waals surface area (Å²) in [6.07, 6.45) is 6.13. The van der Waals surface area contributed by atoms with Crippen LogP contribution in [-0.2, 0) is 0 Å². The van der Waals surface area contributed by atoms with E-state index in [4.69, 9.17) is 20.3 Å². The first-order chi connectivity index (χ1) is 16.0. The first-order valence-electron chi connectivity index (χ1n) is 11.0. The van der Waals surface area contributed by atoms with Crippen molar-refractivity contribution in [3.63, 3.8) is 0 Å². The third kappa shape index (κ3) is 3.55. The van der Waals surface area contributed by atoms with Gasteiger partial charge in [-0.05, 0) is 43.2 Å². The van der Waals surface area contributed by atoms with E-state index in [1.165, 1.54) is 20.6 Å². The zero-order valence-electron chi connectivity index (χ0n) is 18.5. The molecular weight excluding hydrogens is 428 g/mol. The molecule has 3 N–H and O–H groups in total. The van der Waals surface area contributed by atoms with Crippen molar-refractivity contribution in [2.75, 3.05) is 33.0 Å². The van der Waals surface area contributed by atoms with Gasteiger partial charge in [0.15, 0.2) is 23.1 Å². The summed E-state index contributed by atoms with van der Waals surface area (Å²) in [4.78, 5) is 4.41. The Balaban J connectivity index is 1.71. The average molecular weight is 453 g/mol. The SMILES string of the molecule is COc1cc(OC)c(F)c(C#Cc2nn(C3CCNC3)c3c(C4CCC4)cnc(N)c23)c1F. The fourth-order valence-corrected chi connectivity index (χ4v) is 4.55. The van der Waals surface area contributed by atoms with Gasteiger partial charge in [-0.2, -0.15) is 5.10 Å². The predicted molar refractivity (Wildman–Crippen MR) is 120 cm³/mol. The van der Waals surface area contributed by atoms with E-state index in [0.717, 1.165) is 49.5 Å². The summed E-state index contributed by atoms with van der Waals surface area (Å²) in [7, 11) is 2.60. The van der Waals surface area contributed by atoms with E-state index in [1.54, 1.807) is 0 Å². The summed E-state index contributed by atoms with van der Waals surface area (Å²) in [5, 5.41) is 8.77. The van der Waals surface area contributed by atoms with Crippen LogP contribution in [0.4, 0.5) is 14.6 Å². The van der Waals surface area contributed by atoms with E-state index in [2.05, 4.69) is 22.1 Å². The number of ether oxygens (including phenoxy) is 2. The van der Waals surface area contributed by atoms with Crippen molar-refractivity contribution in [3.05, 3.63) is 40.7 Å². The Labute approximate surface area is 190 Å². The Morgan fingerprint density at radius 3 is 2.42 bits per heavy atom. The van der Waals surface area contributed by atoms with Crippen LogP contribution in [-0.4, -0.2) is 42.1 Å². The molecule has 33 heavy (non-hydrogen) atoms. The number of pyridine rings is 1. The summed E-state index contributed by atoms with van der Waals surface area (Å²) >= 11 is 0. The molecule has 9 heteroatoms. The Morgan fingerprint density at radius 1 is 1.12 bits per heavy atom. The lowest BCUT2D eigenvalue weighted by molar-refractivity contribution is 0.357. The number of halogens is 2. The summed E-state index contributed by atoms with van der Waals surface area (Å²) in [5.41, 5.74) is 8.22. The third-order valence-electron chi connectivity index (χ3n) is 6.59. The lowest BCUT2D eigenvalue weighted by Gasteiger charge is -2.27. The summed E-state index contributed by atoms with van der Waals surface area (Å²) < 4.78 is 41.7. The molecule has 0 amide bonds. The van der Waals surface area contributed by atoms with Gasteiger partial charge in [0.25, 0.3) is 0 Å². The van der Waals surface area contributed by atoms with Crippen LogP contribution in [0.25, 0.3) is 10.9 Å². The van der Waals surface area contributed by atoms with Gasteiger partial charge in [0.2, 0.25) is 0 Å². The molecule has 2 aromatic heterocycles. The average Bonchev–Trinajstić information content (AvgIpc) is 3.43. The monoisotopic (exact) mass is 453 g/mol. The molecule has 2 fully saturated rings. The van der Waals surface area contributed by atoms with E-state index in [1.807, 2.05) is 10.9 Å². The molecule has 5 rings (SSSR count). The van der Waals surface area contributed by atoms with Gasteiger partial charge in [-0.15, -0.1) is 0 Å². The largest absolute Gasteiger partial charge is 0.493 e. The molecule has 1 unspecified atom stereocenters. The molecular formula is C24H25F2N5O2. The number of benzene rings is 1. The molecule has 0 bridgehead atoms. The van der Waals surface area contributed by atoms with Crippen molar-refractivity contribution in [1.29, 1.82) is 0 Å². The number of rotatable bonds is 4. The number of hydrogen-bond acceptors (Lipinski definition) is 6. The number of methoxy groups -OCH3 is 2. The molecule has 0 spiro atoms. The normalized spacial score (nSPS) is 18.1. The summed E-state index contributed by atoms with van der Waals surface area (Å²) in [6.45, 7) is 1.68. The van der Waals surface area contributed by atoms with Crippen LogP contribution in [0.1, 0.15) is 54.5 Å². The Morgan fingerprint density at radius 2 is 1.85 bits per heavy atom. The first-order valence-corrected chi connectivity index (χ1v) is 11.0. The second-order valence-corrected chi connectivity index (χ2v) is 8.42. The number of nitrogen functional groups attached to an aromatic ring is 1. The second-order valence-electron chi connectivity index (χ2n) is 8.42. The topological polar surface area (TPSA) is 87.2 Å². The van der Waals surface area contributed by atoms with Gasteiger partial charge in [-0.3, -0.25) is 4.68 Å². The minimum absolute atomic E-state index is 0.147. The number of nitrogens with zero attached hydrogens (tertiary/aromatic N) is 3. The molecule has 3 aromatic rings. The smallest absolute Gasteiger partial charge is 0.183 e. The quantitative estimate of drug-likeness (QED) is 0.588. The number of aromatic nitrogens is 3.